The van der Waals surface area contributed by atoms with Crippen LogP contribution < -0.4 is 5.69 Å². The SMILES string of the molecule is O=c1[nH]ccn1CCn1ccnc1. The molecule has 0 radical (unpaired) electrons. The van der Waals surface area contributed by atoms with Crippen molar-refractivity contribution in [2.45, 2.75) is 13.1 Å². The maximum absolute atomic E-state index is 11.1. The normalized spacial score (nSPS) is 10.5. The lowest BCUT2D eigenvalue weighted by Gasteiger charge is -2.01. The van der Waals surface area contributed by atoms with Gasteiger partial charge in [0.05, 0.1) is 6.33 Å². The van der Waals surface area contributed by atoms with Gasteiger partial charge in [-0.15, -0.1) is 0 Å². The Morgan fingerprint density at radius 1 is 1.38 bits per heavy atom. The Balaban J connectivity index is 2.01. The molecule has 0 fully saturated rings. The van der Waals surface area contributed by atoms with E-state index in [-0.39, 0.29) is 5.69 Å². The second-order valence-corrected chi connectivity index (χ2v) is 2.76. The molecule has 0 aliphatic heterocycles. The molecule has 0 unspecified atom stereocenters. The second-order valence-electron chi connectivity index (χ2n) is 2.76. The van der Waals surface area contributed by atoms with Crippen molar-refractivity contribution < 1.29 is 0 Å². The van der Waals surface area contributed by atoms with E-state index in [1.54, 1.807) is 29.5 Å². The van der Waals surface area contributed by atoms with Crippen LogP contribution in [0.2, 0.25) is 0 Å². The molecule has 68 valence electrons. The molecule has 5 nitrogen and oxygen atoms in total. The molecule has 0 saturated carbocycles. The Morgan fingerprint density at radius 2 is 2.31 bits per heavy atom. The van der Waals surface area contributed by atoms with Gasteiger partial charge in [0.2, 0.25) is 0 Å². The molecule has 0 aromatic carbocycles. The van der Waals surface area contributed by atoms with Crippen LogP contribution in [0.15, 0.2) is 35.9 Å². The van der Waals surface area contributed by atoms with Gasteiger partial charge in [-0.3, -0.25) is 4.57 Å². The number of rotatable bonds is 3. The number of H-pyrrole nitrogens is 1. The highest BCUT2D eigenvalue weighted by atomic mass is 16.1. The lowest BCUT2D eigenvalue weighted by atomic mass is 10.6. The zero-order valence-electron chi connectivity index (χ0n) is 7.05. The molecular formula is C8H10N4O. The van der Waals surface area contributed by atoms with Gasteiger partial charge in [0.1, 0.15) is 0 Å². The molecule has 1 N–H and O–H groups in total. The summed E-state index contributed by atoms with van der Waals surface area (Å²) < 4.78 is 3.56. The molecule has 5 heteroatoms. The van der Waals surface area contributed by atoms with Gasteiger partial charge in [0.15, 0.2) is 0 Å². The average Bonchev–Trinajstić information content (AvgIpc) is 2.72. The van der Waals surface area contributed by atoms with Crippen molar-refractivity contribution in [3.63, 3.8) is 0 Å². The molecule has 0 bridgehead atoms. The van der Waals surface area contributed by atoms with Gasteiger partial charge in [0, 0.05) is 37.9 Å². The number of nitrogens with zero attached hydrogens (tertiary/aromatic N) is 3. The fourth-order valence-electron chi connectivity index (χ4n) is 1.17. The molecule has 2 rings (SSSR count). The van der Waals surface area contributed by atoms with Gasteiger partial charge in [-0.25, -0.2) is 9.78 Å². The van der Waals surface area contributed by atoms with E-state index in [2.05, 4.69) is 9.97 Å². The molecule has 0 aliphatic carbocycles. The topological polar surface area (TPSA) is 55.6 Å². The largest absolute Gasteiger partial charge is 0.336 e. The van der Waals surface area contributed by atoms with E-state index >= 15 is 0 Å². The molecule has 2 aromatic rings. The second kappa shape index (κ2) is 3.30. The van der Waals surface area contributed by atoms with Gasteiger partial charge in [-0.1, -0.05) is 0 Å². The molecule has 0 amide bonds. The van der Waals surface area contributed by atoms with E-state index in [0.717, 1.165) is 6.54 Å². The highest BCUT2D eigenvalue weighted by molar-refractivity contribution is 4.77. The third-order valence-electron chi connectivity index (χ3n) is 1.88. The van der Waals surface area contributed by atoms with Gasteiger partial charge in [-0.2, -0.15) is 0 Å². The quantitative estimate of drug-likeness (QED) is 0.723. The van der Waals surface area contributed by atoms with Crippen LogP contribution in [0.25, 0.3) is 0 Å². The number of imidazole rings is 2. The number of aryl methyl sites for hydroxylation is 2. The van der Waals surface area contributed by atoms with Crippen molar-refractivity contribution in [2.24, 2.45) is 0 Å². The molecular weight excluding hydrogens is 168 g/mol. The van der Waals surface area contributed by atoms with Crippen molar-refractivity contribution in [2.75, 3.05) is 0 Å². The zero-order valence-corrected chi connectivity index (χ0v) is 7.05. The van der Waals surface area contributed by atoms with E-state index in [1.807, 2.05) is 10.8 Å². The predicted octanol–water partition coefficient (Wildman–Crippen LogP) is 0.0731. The maximum atomic E-state index is 11.1. The Kier molecular flexibility index (Phi) is 1.99. The molecule has 0 aliphatic rings. The zero-order chi connectivity index (χ0) is 9.10. The summed E-state index contributed by atoms with van der Waals surface area (Å²) in [5.74, 6) is 0. The Morgan fingerprint density at radius 3 is 2.92 bits per heavy atom. The molecule has 0 atom stereocenters. The summed E-state index contributed by atoms with van der Waals surface area (Å²) >= 11 is 0. The summed E-state index contributed by atoms with van der Waals surface area (Å²) in [6, 6.07) is 0. The predicted molar refractivity (Wildman–Crippen MR) is 47.3 cm³/mol. The van der Waals surface area contributed by atoms with Crippen LogP contribution in [0.3, 0.4) is 0 Å². The first-order chi connectivity index (χ1) is 6.36. The van der Waals surface area contributed by atoms with Gasteiger partial charge >= 0.3 is 5.69 Å². The monoisotopic (exact) mass is 178 g/mol. The standard InChI is InChI=1S/C8H10N4O/c13-8-10-2-4-12(8)6-5-11-3-1-9-7-11/h1-4,7H,5-6H2,(H,10,13). The van der Waals surface area contributed by atoms with E-state index in [4.69, 9.17) is 0 Å². The van der Waals surface area contributed by atoms with E-state index in [9.17, 15) is 4.79 Å². The first-order valence-electron chi connectivity index (χ1n) is 4.06. The third kappa shape index (κ3) is 1.69. The van der Waals surface area contributed by atoms with Crippen LogP contribution >= 0.6 is 0 Å². The smallest absolute Gasteiger partial charge is 0.325 e. The minimum atomic E-state index is -0.0693. The molecule has 2 heterocycles. The Hall–Kier alpha value is -1.78. The van der Waals surface area contributed by atoms with Crippen molar-refractivity contribution in [3.05, 3.63) is 41.6 Å². The van der Waals surface area contributed by atoms with Crippen molar-refractivity contribution in [1.82, 2.24) is 19.1 Å². The van der Waals surface area contributed by atoms with Crippen LogP contribution in [-0.2, 0) is 13.1 Å². The Labute approximate surface area is 74.7 Å². The average molecular weight is 178 g/mol. The number of aromatic amines is 1. The van der Waals surface area contributed by atoms with E-state index in [0.29, 0.717) is 6.54 Å². The highest BCUT2D eigenvalue weighted by Crippen LogP contribution is 1.88. The summed E-state index contributed by atoms with van der Waals surface area (Å²) in [6.45, 7) is 1.43. The highest BCUT2D eigenvalue weighted by Gasteiger charge is 1.95. The first-order valence-corrected chi connectivity index (χ1v) is 4.06. The number of hydrogen-bond acceptors (Lipinski definition) is 2. The van der Waals surface area contributed by atoms with Crippen LogP contribution in [0, 0.1) is 0 Å². The van der Waals surface area contributed by atoms with Crippen LogP contribution in [0.1, 0.15) is 0 Å². The summed E-state index contributed by atoms with van der Waals surface area (Å²) in [6.07, 6.45) is 8.70. The van der Waals surface area contributed by atoms with Crippen LogP contribution in [0.4, 0.5) is 0 Å². The van der Waals surface area contributed by atoms with Crippen molar-refractivity contribution >= 4 is 0 Å². The van der Waals surface area contributed by atoms with Crippen LogP contribution in [-0.4, -0.2) is 19.1 Å². The molecule has 13 heavy (non-hydrogen) atoms. The summed E-state index contributed by atoms with van der Waals surface area (Å²) in [4.78, 5) is 17.6. The van der Waals surface area contributed by atoms with E-state index < -0.39 is 0 Å². The fourth-order valence-corrected chi connectivity index (χ4v) is 1.17. The number of nitrogens with one attached hydrogen (secondary N) is 1. The lowest BCUT2D eigenvalue weighted by Crippen LogP contribution is -2.18. The minimum Gasteiger partial charge on any atom is -0.336 e. The summed E-state index contributed by atoms with van der Waals surface area (Å²) in [5.41, 5.74) is -0.0693. The summed E-state index contributed by atoms with van der Waals surface area (Å²) in [5, 5.41) is 0. The molecule has 0 spiro atoms. The molecule has 2 aromatic heterocycles. The summed E-state index contributed by atoms with van der Waals surface area (Å²) in [7, 11) is 0. The van der Waals surface area contributed by atoms with Crippen molar-refractivity contribution in [3.8, 4) is 0 Å². The van der Waals surface area contributed by atoms with Gasteiger partial charge in [0.25, 0.3) is 0 Å². The number of aromatic nitrogens is 4. The minimum absolute atomic E-state index is 0.0693. The van der Waals surface area contributed by atoms with Crippen LogP contribution in [0.5, 0.6) is 0 Å². The molecule has 0 saturated heterocycles. The Bertz CT molecular complexity index is 411. The van der Waals surface area contributed by atoms with Gasteiger partial charge < -0.3 is 9.55 Å². The van der Waals surface area contributed by atoms with Gasteiger partial charge in [-0.05, 0) is 0 Å². The fraction of sp³-hybridized carbons (Fsp3) is 0.250. The van der Waals surface area contributed by atoms with Crippen molar-refractivity contribution in [1.29, 1.82) is 0 Å². The first kappa shape index (κ1) is 7.85. The lowest BCUT2D eigenvalue weighted by molar-refractivity contribution is 0.566. The number of hydrogen-bond donors (Lipinski definition) is 1. The third-order valence-corrected chi connectivity index (χ3v) is 1.88. The van der Waals surface area contributed by atoms with E-state index in [1.165, 1.54) is 0 Å². The maximum Gasteiger partial charge on any atom is 0.325 e.